The maximum absolute atomic E-state index is 12.0. The number of H-pyrrole nitrogens is 1. The van der Waals surface area contributed by atoms with Gasteiger partial charge >= 0.3 is 0 Å². The van der Waals surface area contributed by atoms with Crippen molar-refractivity contribution in [3.63, 3.8) is 0 Å². The number of aromatic nitrogens is 1. The summed E-state index contributed by atoms with van der Waals surface area (Å²) >= 11 is 0. The minimum Gasteiger partial charge on any atom is -0.361 e. The zero-order chi connectivity index (χ0) is 14.1. The van der Waals surface area contributed by atoms with E-state index in [-0.39, 0.29) is 17.9 Å². The molecule has 2 N–H and O–H groups in total. The fraction of sp³-hybridized carbons (Fsp3) is 0.333. The Hall–Kier alpha value is -2.30. The molecule has 2 heterocycles. The molecule has 20 heavy (non-hydrogen) atoms. The molecular weight excluding hydrogens is 254 g/mol. The van der Waals surface area contributed by atoms with Crippen molar-refractivity contribution >= 4 is 22.7 Å². The number of fused-ring (bicyclic) bond motifs is 1. The Morgan fingerprint density at radius 3 is 3.05 bits per heavy atom. The van der Waals surface area contributed by atoms with Crippen molar-refractivity contribution in [1.29, 1.82) is 0 Å². The lowest BCUT2D eigenvalue weighted by Crippen LogP contribution is -2.43. The maximum atomic E-state index is 12.0. The van der Waals surface area contributed by atoms with Gasteiger partial charge in [0, 0.05) is 37.1 Å². The SMILES string of the molecule is CNC(=O)[C@@H]1CCC(=O)N1Cc1c[nH]c2ccccc12. The van der Waals surface area contributed by atoms with Crippen LogP contribution in [0.25, 0.3) is 10.9 Å². The first-order valence-corrected chi connectivity index (χ1v) is 6.77. The van der Waals surface area contributed by atoms with E-state index in [4.69, 9.17) is 0 Å². The maximum Gasteiger partial charge on any atom is 0.242 e. The molecule has 0 unspecified atom stereocenters. The second-order valence-corrected chi connectivity index (χ2v) is 5.05. The number of amides is 2. The Morgan fingerprint density at radius 2 is 2.25 bits per heavy atom. The number of carbonyl (C=O) groups excluding carboxylic acids is 2. The lowest BCUT2D eigenvalue weighted by atomic mass is 10.1. The Kier molecular flexibility index (Phi) is 3.18. The smallest absolute Gasteiger partial charge is 0.242 e. The molecule has 0 spiro atoms. The van der Waals surface area contributed by atoms with Crippen LogP contribution in [0.1, 0.15) is 18.4 Å². The Labute approximate surface area is 117 Å². The molecule has 1 fully saturated rings. The van der Waals surface area contributed by atoms with Gasteiger partial charge in [-0.1, -0.05) is 18.2 Å². The van der Waals surface area contributed by atoms with Gasteiger partial charge in [-0.25, -0.2) is 0 Å². The summed E-state index contributed by atoms with van der Waals surface area (Å²) in [6.45, 7) is 0.473. The number of para-hydroxylation sites is 1. The lowest BCUT2D eigenvalue weighted by molar-refractivity contribution is -0.135. The average molecular weight is 271 g/mol. The summed E-state index contributed by atoms with van der Waals surface area (Å²) in [5, 5.41) is 3.73. The Balaban J connectivity index is 1.89. The molecule has 1 aliphatic heterocycles. The number of nitrogens with one attached hydrogen (secondary N) is 2. The third kappa shape index (κ3) is 2.05. The number of aromatic amines is 1. The number of likely N-dealkylation sites (N-methyl/N-ethyl adjacent to an activating group) is 1. The number of benzene rings is 1. The van der Waals surface area contributed by atoms with Gasteiger partial charge in [0.25, 0.3) is 0 Å². The van der Waals surface area contributed by atoms with Crippen molar-refractivity contribution in [3.05, 3.63) is 36.0 Å². The monoisotopic (exact) mass is 271 g/mol. The number of likely N-dealkylation sites (tertiary alicyclic amines) is 1. The molecule has 1 aromatic carbocycles. The van der Waals surface area contributed by atoms with Gasteiger partial charge in [0.15, 0.2) is 0 Å². The summed E-state index contributed by atoms with van der Waals surface area (Å²) in [4.78, 5) is 28.7. The van der Waals surface area contributed by atoms with Crippen LogP contribution in [0.5, 0.6) is 0 Å². The molecule has 2 amide bonds. The molecule has 104 valence electrons. The summed E-state index contributed by atoms with van der Waals surface area (Å²) in [5.74, 6) is -0.0421. The minimum atomic E-state index is -0.346. The summed E-state index contributed by atoms with van der Waals surface area (Å²) in [5.41, 5.74) is 2.09. The molecule has 0 saturated carbocycles. The highest BCUT2D eigenvalue weighted by Gasteiger charge is 2.35. The molecule has 1 aromatic heterocycles. The molecule has 5 nitrogen and oxygen atoms in total. The molecule has 2 aromatic rings. The molecule has 1 aliphatic rings. The molecule has 0 radical (unpaired) electrons. The number of rotatable bonds is 3. The van der Waals surface area contributed by atoms with Crippen molar-refractivity contribution in [2.75, 3.05) is 7.05 Å². The molecular formula is C15H17N3O2. The van der Waals surface area contributed by atoms with E-state index in [0.29, 0.717) is 19.4 Å². The van der Waals surface area contributed by atoms with Crippen LogP contribution in [0.15, 0.2) is 30.5 Å². The van der Waals surface area contributed by atoms with E-state index in [1.54, 1.807) is 11.9 Å². The van der Waals surface area contributed by atoms with E-state index >= 15 is 0 Å². The Bertz CT molecular complexity index is 662. The van der Waals surface area contributed by atoms with Crippen molar-refractivity contribution in [3.8, 4) is 0 Å². The highest BCUT2D eigenvalue weighted by molar-refractivity contribution is 5.91. The molecule has 0 aliphatic carbocycles. The third-order valence-corrected chi connectivity index (χ3v) is 3.89. The zero-order valence-electron chi connectivity index (χ0n) is 11.3. The van der Waals surface area contributed by atoms with Crippen LogP contribution in [0.3, 0.4) is 0 Å². The summed E-state index contributed by atoms with van der Waals surface area (Å²) in [6.07, 6.45) is 2.96. The largest absolute Gasteiger partial charge is 0.361 e. The van der Waals surface area contributed by atoms with Crippen LogP contribution in [-0.2, 0) is 16.1 Å². The number of hydrogen-bond donors (Lipinski definition) is 2. The third-order valence-electron chi connectivity index (χ3n) is 3.89. The van der Waals surface area contributed by atoms with Gasteiger partial charge in [-0.3, -0.25) is 9.59 Å². The quantitative estimate of drug-likeness (QED) is 0.886. The van der Waals surface area contributed by atoms with Crippen LogP contribution in [0, 0.1) is 0 Å². The van der Waals surface area contributed by atoms with Crippen LogP contribution >= 0.6 is 0 Å². The highest BCUT2D eigenvalue weighted by Crippen LogP contribution is 2.25. The summed E-state index contributed by atoms with van der Waals surface area (Å²) in [7, 11) is 1.61. The van der Waals surface area contributed by atoms with Crippen LogP contribution in [0.2, 0.25) is 0 Å². The van der Waals surface area contributed by atoms with Crippen LogP contribution < -0.4 is 5.32 Å². The van der Waals surface area contributed by atoms with Gasteiger partial charge in [-0.2, -0.15) is 0 Å². The fourth-order valence-electron chi connectivity index (χ4n) is 2.82. The number of carbonyl (C=O) groups is 2. The van der Waals surface area contributed by atoms with Crippen molar-refractivity contribution < 1.29 is 9.59 Å². The Morgan fingerprint density at radius 1 is 1.45 bits per heavy atom. The van der Waals surface area contributed by atoms with Gasteiger partial charge in [0.1, 0.15) is 6.04 Å². The molecule has 0 bridgehead atoms. The van der Waals surface area contributed by atoms with Crippen molar-refractivity contribution in [2.24, 2.45) is 0 Å². The number of hydrogen-bond acceptors (Lipinski definition) is 2. The number of nitrogens with zero attached hydrogens (tertiary/aromatic N) is 1. The molecule has 1 saturated heterocycles. The van der Waals surface area contributed by atoms with E-state index < -0.39 is 0 Å². The molecule has 5 heteroatoms. The molecule has 3 rings (SSSR count). The highest BCUT2D eigenvalue weighted by atomic mass is 16.2. The summed E-state index contributed by atoms with van der Waals surface area (Å²) < 4.78 is 0. The van der Waals surface area contributed by atoms with Crippen molar-refractivity contribution in [2.45, 2.75) is 25.4 Å². The van der Waals surface area contributed by atoms with Gasteiger partial charge < -0.3 is 15.2 Å². The fourth-order valence-corrected chi connectivity index (χ4v) is 2.82. The van der Waals surface area contributed by atoms with Crippen LogP contribution in [-0.4, -0.2) is 34.8 Å². The second kappa shape index (κ2) is 5.00. The minimum absolute atomic E-state index is 0.0453. The summed E-state index contributed by atoms with van der Waals surface area (Å²) in [6, 6.07) is 7.62. The first-order valence-electron chi connectivity index (χ1n) is 6.77. The molecule has 1 atom stereocenters. The van der Waals surface area contributed by atoms with Crippen LogP contribution in [0.4, 0.5) is 0 Å². The zero-order valence-corrected chi connectivity index (χ0v) is 11.3. The van der Waals surface area contributed by atoms with E-state index in [0.717, 1.165) is 16.5 Å². The average Bonchev–Trinajstić information content (AvgIpc) is 3.04. The van der Waals surface area contributed by atoms with E-state index in [1.807, 2.05) is 30.5 Å². The van der Waals surface area contributed by atoms with Gasteiger partial charge in [-0.15, -0.1) is 0 Å². The van der Waals surface area contributed by atoms with Gasteiger partial charge in [-0.05, 0) is 18.1 Å². The predicted octanol–water partition coefficient (Wildman–Crippen LogP) is 1.40. The van der Waals surface area contributed by atoms with Gasteiger partial charge in [0.2, 0.25) is 11.8 Å². The first-order chi connectivity index (χ1) is 9.70. The normalized spacial score (nSPS) is 18.8. The van der Waals surface area contributed by atoms with E-state index in [1.165, 1.54) is 0 Å². The lowest BCUT2D eigenvalue weighted by Gasteiger charge is -2.23. The predicted molar refractivity (Wildman–Crippen MR) is 75.9 cm³/mol. The van der Waals surface area contributed by atoms with E-state index in [2.05, 4.69) is 10.3 Å². The topological polar surface area (TPSA) is 65.2 Å². The first kappa shape index (κ1) is 12.7. The van der Waals surface area contributed by atoms with E-state index in [9.17, 15) is 9.59 Å². The second-order valence-electron chi connectivity index (χ2n) is 5.05. The van der Waals surface area contributed by atoms with Gasteiger partial charge in [0.05, 0.1) is 0 Å². The standard InChI is InChI=1S/C15H17N3O2/c1-16-15(20)13-6-7-14(19)18(13)9-10-8-17-12-5-3-2-4-11(10)12/h2-5,8,13,17H,6-7,9H2,1H3,(H,16,20)/t13-/m0/s1. The van der Waals surface area contributed by atoms with Crippen molar-refractivity contribution in [1.82, 2.24) is 15.2 Å².